The van der Waals surface area contributed by atoms with Gasteiger partial charge in [-0.3, -0.25) is 29.8 Å². The summed E-state index contributed by atoms with van der Waals surface area (Å²) in [4.78, 5) is 57.3. The quantitative estimate of drug-likeness (QED) is 0.0275. The summed E-state index contributed by atoms with van der Waals surface area (Å²) in [5, 5.41) is 30.4. The van der Waals surface area contributed by atoms with Crippen molar-refractivity contribution in [1.29, 1.82) is 0 Å². The van der Waals surface area contributed by atoms with E-state index in [0.29, 0.717) is 46.8 Å². The summed E-state index contributed by atoms with van der Waals surface area (Å²) in [7, 11) is 1.28. The number of rotatable bonds is 10. The van der Waals surface area contributed by atoms with E-state index < -0.39 is 28.5 Å². The van der Waals surface area contributed by atoms with E-state index in [4.69, 9.17) is 15.8 Å². The second kappa shape index (κ2) is 28.3. The largest absolute Gasteiger partial charge is 1.00 e. The van der Waals surface area contributed by atoms with Crippen molar-refractivity contribution in [1.82, 2.24) is 4.90 Å². The number of esters is 1. The minimum Gasteiger partial charge on any atom is -1.00 e. The zero-order chi connectivity index (χ0) is 44.7. The Kier molecular flexibility index (Phi) is 27.6. The molecule has 1 heterocycles. The third kappa shape index (κ3) is 20.4. The van der Waals surface area contributed by atoms with Gasteiger partial charge in [-0.15, -0.1) is 26.3 Å². The number of nitrogens with two attached hydrogens (primary N) is 1. The van der Waals surface area contributed by atoms with E-state index in [1.807, 2.05) is 45.2 Å². The van der Waals surface area contributed by atoms with Gasteiger partial charge in [0, 0.05) is 56.4 Å². The molecule has 0 saturated heterocycles. The minimum absolute atomic E-state index is 0. The predicted molar refractivity (Wildman–Crippen MR) is 212 cm³/mol. The molecule has 4 aromatic rings. The molecule has 61 heavy (non-hydrogen) atoms. The fraction of sp³-hybridized carbons (Fsp3) is 0.206. The first-order valence-electron chi connectivity index (χ1n) is 15.6. The molecule has 0 unspecified atom stereocenters. The Morgan fingerprint density at radius 3 is 1.70 bits per heavy atom. The number of non-ortho nitro benzene ring substituents is 2. The number of amides is 1. The van der Waals surface area contributed by atoms with Gasteiger partial charge in [-0.2, -0.15) is 0 Å². The molecule has 0 aliphatic carbocycles. The van der Waals surface area contributed by atoms with Gasteiger partial charge >= 0.3 is 121 Å². The number of nitro groups is 2. The Balaban J connectivity index is 0. The average Bonchev–Trinajstić information content (AvgIpc) is 3.49. The number of carbonyl (C=O) groups is 3. The third-order valence-electron chi connectivity index (χ3n) is 7.09. The molecule has 0 aromatic heterocycles. The van der Waals surface area contributed by atoms with E-state index in [2.05, 4.69) is 35.0 Å². The molecule has 0 fully saturated rings. The van der Waals surface area contributed by atoms with Crippen molar-refractivity contribution in [2.45, 2.75) is 37.7 Å². The first-order chi connectivity index (χ1) is 27.6. The molecule has 320 valence electrons. The number of nitrogens with zero attached hydrogens (tertiary/aromatic N) is 3. The molecule has 1 amide bonds. The Bertz CT molecular complexity index is 2130. The maximum atomic E-state index is 12.5. The summed E-state index contributed by atoms with van der Waals surface area (Å²) in [5.74, 6) is -1.34. The molecule has 0 radical (unpaired) electrons. The number of benzene rings is 4. The number of alkyl halides is 7. The molecular weight excluding hydrogens is 1180 g/mol. The van der Waals surface area contributed by atoms with Gasteiger partial charge < -0.3 is 36.4 Å². The van der Waals surface area contributed by atoms with Gasteiger partial charge in [0.1, 0.15) is 11.5 Å². The molecule has 4 aromatic carbocycles. The normalized spacial score (nSPS) is 11.2. The summed E-state index contributed by atoms with van der Waals surface area (Å²) in [6, 6.07) is 16.1. The van der Waals surface area contributed by atoms with E-state index in [1.54, 1.807) is 0 Å². The van der Waals surface area contributed by atoms with E-state index in [1.165, 1.54) is 84.8 Å². The van der Waals surface area contributed by atoms with Crippen molar-refractivity contribution in [3.8, 4) is 11.5 Å². The maximum absolute atomic E-state index is 12.5. The Morgan fingerprint density at radius 1 is 0.869 bits per heavy atom. The molecule has 27 heteroatoms. The van der Waals surface area contributed by atoms with Gasteiger partial charge in [0.15, 0.2) is 0 Å². The minimum atomic E-state index is -4.76. The topological polar surface area (TPSA) is 227 Å². The smallest absolute Gasteiger partial charge is 1.00 e. The van der Waals surface area contributed by atoms with E-state index in [-0.39, 0.29) is 153 Å². The molecule has 1 aliphatic heterocycles. The summed E-state index contributed by atoms with van der Waals surface area (Å²) < 4.78 is 84.6. The van der Waals surface area contributed by atoms with Crippen LogP contribution in [0.15, 0.2) is 72.8 Å². The van der Waals surface area contributed by atoms with Gasteiger partial charge in [0.2, 0.25) is 0 Å². The SMILES string of the molecule is COC(=O)c1c(I)cc([N+](=O)[O-])cc1CBr.NCc1ccc(OC(F)(F)F)cc1.O=C1c2c(I)cc([N+](=O)[O-])cc2CN1Cc1ccc(OC(F)(F)F)cc1.O=CO[O-].[H-].[K+].[K+]. The zero-order valence-corrected chi connectivity index (χ0v) is 43.7. The fourth-order valence-corrected chi connectivity index (χ4v) is 6.94. The summed E-state index contributed by atoms with van der Waals surface area (Å²) >= 11 is 6.95. The predicted octanol–water partition coefficient (Wildman–Crippen LogP) is 1.73. The molecule has 5 rings (SSSR count). The van der Waals surface area contributed by atoms with Crippen LogP contribution in [0.3, 0.4) is 0 Å². The van der Waals surface area contributed by atoms with E-state index >= 15 is 0 Å². The number of ether oxygens (including phenoxy) is 3. The van der Waals surface area contributed by atoms with Crippen molar-refractivity contribution < 1.29 is 179 Å². The van der Waals surface area contributed by atoms with Crippen LogP contribution in [-0.4, -0.2) is 52.9 Å². The summed E-state index contributed by atoms with van der Waals surface area (Å²) in [6.45, 7) is 0.489. The van der Waals surface area contributed by atoms with Crippen LogP contribution in [0.1, 0.15) is 44.4 Å². The van der Waals surface area contributed by atoms with Gasteiger partial charge in [0.05, 0.1) is 28.1 Å². The van der Waals surface area contributed by atoms with Crippen LogP contribution in [-0.2, 0) is 39.4 Å². The first kappa shape index (κ1) is 59.4. The molecule has 0 bridgehead atoms. The van der Waals surface area contributed by atoms with Crippen molar-refractivity contribution in [2.75, 3.05) is 7.11 Å². The second-order valence-corrected chi connectivity index (χ2v) is 13.9. The number of halogens is 9. The van der Waals surface area contributed by atoms with Gasteiger partial charge in [-0.05, 0) is 91.7 Å². The Hall–Kier alpha value is -1.60. The molecule has 2 N–H and O–H groups in total. The first-order valence-corrected chi connectivity index (χ1v) is 18.8. The fourth-order valence-electron chi connectivity index (χ4n) is 4.71. The Morgan fingerprint density at radius 2 is 1.31 bits per heavy atom. The molecule has 0 spiro atoms. The Labute approximate surface area is 463 Å². The number of methoxy groups -OCH3 is 1. The van der Waals surface area contributed by atoms with Crippen molar-refractivity contribution in [2.24, 2.45) is 5.73 Å². The molecule has 0 saturated carbocycles. The van der Waals surface area contributed by atoms with E-state index in [0.717, 1.165) is 5.56 Å². The second-order valence-electron chi connectivity index (χ2n) is 11.0. The summed E-state index contributed by atoms with van der Waals surface area (Å²) in [6.07, 6.45) is -9.40. The summed E-state index contributed by atoms with van der Waals surface area (Å²) in [5.41, 5.74) is 8.41. The van der Waals surface area contributed by atoms with Crippen LogP contribution in [0, 0.1) is 27.4 Å². The van der Waals surface area contributed by atoms with Crippen molar-refractivity contribution >= 4 is 90.8 Å². The van der Waals surface area contributed by atoms with Crippen LogP contribution in [0.2, 0.25) is 0 Å². The van der Waals surface area contributed by atoms with Gasteiger partial charge in [-0.25, -0.2) is 4.79 Å². The third-order valence-corrected chi connectivity index (χ3v) is 9.40. The van der Waals surface area contributed by atoms with Gasteiger partial charge in [0.25, 0.3) is 23.8 Å². The number of hydrogen-bond acceptors (Lipinski definition) is 13. The zero-order valence-electron chi connectivity index (χ0n) is 32.6. The monoisotopic (exact) mass is 1210 g/mol. The number of nitro benzene ring substituents is 2. The van der Waals surface area contributed by atoms with Crippen LogP contribution < -0.4 is 123 Å². The van der Waals surface area contributed by atoms with Crippen molar-refractivity contribution in [3.63, 3.8) is 0 Å². The van der Waals surface area contributed by atoms with Gasteiger partial charge in [-0.1, -0.05) is 40.2 Å². The standard InChI is InChI=1S/C16H10F3IN2O4.C9H7BrINO4.C8H8F3NO.CH2O3.2K.H/c17-16(18,19)26-12-3-1-9(2-4-12)7-21-8-10-5-11(22(24)25)6-13(20)14(10)15(21)23;1-16-9(13)8-5(4-10)2-6(12(14)15)3-7(8)11;9-8(10,11)13-7-3-1-6(5-12)2-4-7;2-1-4-3;;;/h1-6H,7-8H2;2-3H,4H2,1H3;1-4H,5,12H2;1,3H;;;/q;;;;2*+1;-1/p-1. The molecular formula is C34H27BrF6I2K2N4O12. The van der Waals surface area contributed by atoms with Crippen LogP contribution in [0.4, 0.5) is 37.7 Å². The van der Waals surface area contributed by atoms with Crippen molar-refractivity contribution in [3.05, 3.63) is 134 Å². The number of carbonyl (C=O) groups excluding carboxylic acids is 3. The average molecular weight is 1210 g/mol. The maximum Gasteiger partial charge on any atom is 1.00 e. The van der Waals surface area contributed by atoms with E-state index in [9.17, 15) is 56.2 Å². The van der Waals surface area contributed by atoms with Crippen LogP contribution in [0.25, 0.3) is 0 Å². The number of hydrogen-bond donors (Lipinski definition) is 1. The molecule has 16 nitrogen and oxygen atoms in total. The molecule has 1 aliphatic rings. The van der Waals surface area contributed by atoms with Crippen LogP contribution >= 0.6 is 61.1 Å². The molecule has 0 atom stereocenters. The number of fused-ring (bicyclic) bond motifs is 1. The van der Waals surface area contributed by atoms with Crippen LogP contribution in [0.5, 0.6) is 11.5 Å².